The zero-order valence-electron chi connectivity index (χ0n) is 11.8. The Morgan fingerprint density at radius 3 is 2.65 bits per heavy atom. The lowest BCUT2D eigenvalue weighted by Gasteiger charge is -2.32. The molecule has 23 heavy (non-hydrogen) atoms. The molecule has 3 N–H and O–H groups in total. The van der Waals surface area contributed by atoms with E-state index >= 15 is 0 Å². The van der Waals surface area contributed by atoms with Crippen LogP contribution in [0.1, 0.15) is 21.5 Å². The third-order valence-electron chi connectivity index (χ3n) is 4.15. The minimum absolute atomic E-state index is 0.259. The summed E-state index contributed by atoms with van der Waals surface area (Å²) in [6.07, 6.45) is 1.56. The molecular weight excluding hydrogens is 316 g/mol. The number of H-pyrrole nitrogens is 1. The molecule has 1 aromatic heterocycles. The van der Waals surface area contributed by atoms with Crippen LogP contribution < -0.4 is 5.32 Å². The summed E-state index contributed by atoms with van der Waals surface area (Å²) in [6, 6.07) is 11.7. The van der Waals surface area contributed by atoms with Crippen LogP contribution in [0.15, 0.2) is 48.7 Å². The molecule has 0 bridgehead atoms. The van der Waals surface area contributed by atoms with Gasteiger partial charge < -0.3 is 10.1 Å². The lowest BCUT2D eigenvalue weighted by Crippen LogP contribution is -2.52. The molecule has 1 unspecified atom stereocenters. The number of nitrogens with one attached hydrogen (secondary N) is 2. The Morgan fingerprint density at radius 2 is 1.83 bits per heavy atom. The Bertz CT molecular complexity index is 979. The standard InChI is InChI=1S/C17H11ClN2O3/c18-9-5-6-14-11(7-9)13(8-19-14)17(23)12-4-2-1-3-10(12)15(21)20-16(17)22/h1-8,19,23H,(H,20,21,22). The number of carbonyl (C=O) groups excluding carboxylic acids is 2. The van der Waals surface area contributed by atoms with Gasteiger partial charge >= 0.3 is 0 Å². The van der Waals surface area contributed by atoms with Crippen LogP contribution in [0.4, 0.5) is 0 Å². The highest BCUT2D eigenvalue weighted by atomic mass is 35.5. The number of aromatic nitrogens is 1. The number of halogens is 1. The van der Waals surface area contributed by atoms with E-state index in [1.807, 2.05) is 0 Å². The van der Waals surface area contributed by atoms with E-state index in [0.29, 0.717) is 16.0 Å². The predicted molar refractivity (Wildman–Crippen MR) is 85.2 cm³/mol. The number of carbonyl (C=O) groups is 2. The number of rotatable bonds is 1. The van der Waals surface area contributed by atoms with Gasteiger partial charge in [-0.05, 0) is 24.3 Å². The molecule has 4 rings (SSSR count). The van der Waals surface area contributed by atoms with Crippen LogP contribution in [0.2, 0.25) is 5.02 Å². The van der Waals surface area contributed by atoms with Crippen molar-refractivity contribution in [2.75, 3.05) is 0 Å². The Morgan fingerprint density at radius 1 is 1.04 bits per heavy atom. The van der Waals surface area contributed by atoms with Gasteiger partial charge in [0.2, 0.25) is 0 Å². The Hall–Kier alpha value is -2.63. The monoisotopic (exact) mass is 326 g/mol. The molecule has 1 aliphatic rings. The predicted octanol–water partition coefficient (Wildman–Crippen LogP) is 2.33. The molecule has 2 heterocycles. The summed E-state index contributed by atoms with van der Waals surface area (Å²) < 4.78 is 0. The molecule has 0 aliphatic carbocycles. The highest BCUT2D eigenvalue weighted by Gasteiger charge is 2.47. The normalized spacial score (nSPS) is 20.4. The van der Waals surface area contributed by atoms with Gasteiger partial charge in [-0.2, -0.15) is 0 Å². The van der Waals surface area contributed by atoms with Crippen molar-refractivity contribution in [3.63, 3.8) is 0 Å². The fraction of sp³-hybridized carbons (Fsp3) is 0.0588. The Kier molecular flexibility index (Phi) is 2.85. The molecule has 0 spiro atoms. The summed E-state index contributed by atoms with van der Waals surface area (Å²) in [7, 11) is 0. The second-order valence-electron chi connectivity index (χ2n) is 5.43. The van der Waals surface area contributed by atoms with Crippen molar-refractivity contribution in [2.24, 2.45) is 0 Å². The number of aliphatic hydroxyl groups is 1. The largest absolute Gasteiger partial charge is 0.372 e. The van der Waals surface area contributed by atoms with Gasteiger partial charge in [-0.1, -0.05) is 29.8 Å². The first-order valence-electron chi connectivity index (χ1n) is 6.96. The van der Waals surface area contributed by atoms with E-state index in [4.69, 9.17) is 11.6 Å². The number of imide groups is 1. The van der Waals surface area contributed by atoms with Crippen molar-refractivity contribution >= 4 is 34.3 Å². The van der Waals surface area contributed by atoms with Crippen LogP contribution in [0.3, 0.4) is 0 Å². The zero-order valence-corrected chi connectivity index (χ0v) is 12.5. The van der Waals surface area contributed by atoms with E-state index in [2.05, 4.69) is 10.3 Å². The van der Waals surface area contributed by atoms with E-state index in [1.165, 1.54) is 0 Å². The third-order valence-corrected chi connectivity index (χ3v) is 4.39. The average molecular weight is 327 g/mol. The van der Waals surface area contributed by atoms with E-state index < -0.39 is 17.4 Å². The lowest BCUT2D eigenvalue weighted by atomic mass is 9.80. The summed E-state index contributed by atoms with van der Waals surface area (Å²) in [5.41, 5.74) is -0.346. The topological polar surface area (TPSA) is 82.2 Å². The molecule has 2 aromatic carbocycles. The lowest BCUT2D eigenvalue weighted by molar-refractivity contribution is -0.136. The van der Waals surface area contributed by atoms with E-state index in [9.17, 15) is 14.7 Å². The highest BCUT2D eigenvalue weighted by molar-refractivity contribution is 6.31. The van der Waals surface area contributed by atoms with E-state index in [1.54, 1.807) is 48.7 Å². The Balaban J connectivity index is 2.06. The number of fused-ring (bicyclic) bond motifs is 2. The minimum atomic E-state index is -1.96. The van der Waals surface area contributed by atoms with Crippen molar-refractivity contribution in [2.45, 2.75) is 5.60 Å². The first-order valence-corrected chi connectivity index (χ1v) is 7.34. The first kappa shape index (κ1) is 14.0. The summed E-state index contributed by atoms with van der Waals surface area (Å²) in [5.74, 6) is -1.30. The maximum absolute atomic E-state index is 12.5. The van der Waals surface area contributed by atoms with Crippen molar-refractivity contribution in [1.29, 1.82) is 0 Å². The molecule has 5 nitrogen and oxygen atoms in total. The minimum Gasteiger partial charge on any atom is -0.372 e. The average Bonchev–Trinajstić information content (AvgIpc) is 2.96. The van der Waals surface area contributed by atoms with Gasteiger partial charge in [0.15, 0.2) is 5.60 Å². The van der Waals surface area contributed by atoms with Crippen molar-refractivity contribution in [3.05, 3.63) is 70.4 Å². The summed E-state index contributed by atoms with van der Waals surface area (Å²) in [6.45, 7) is 0. The quantitative estimate of drug-likeness (QED) is 0.600. The molecule has 114 valence electrons. The maximum Gasteiger partial charge on any atom is 0.268 e. The number of benzene rings is 2. The first-order chi connectivity index (χ1) is 11.0. The smallest absolute Gasteiger partial charge is 0.268 e. The molecule has 1 aliphatic heterocycles. The summed E-state index contributed by atoms with van der Waals surface area (Å²) in [5, 5.41) is 14.6. The molecular formula is C17H11ClN2O3. The van der Waals surface area contributed by atoms with Gasteiger partial charge in [-0.3, -0.25) is 14.9 Å². The van der Waals surface area contributed by atoms with Gasteiger partial charge in [0.25, 0.3) is 11.8 Å². The molecule has 0 saturated carbocycles. The number of hydrogen-bond donors (Lipinski definition) is 3. The van der Waals surface area contributed by atoms with Crippen LogP contribution in [-0.2, 0) is 10.4 Å². The van der Waals surface area contributed by atoms with Crippen molar-refractivity contribution in [3.8, 4) is 0 Å². The molecule has 0 radical (unpaired) electrons. The van der Waals surface area contributed by atoms with Crippen molar-refractivity contribution < 1.29 is 14.7 Å². The van der Waals surface area contributed by atoms with Gasteiger partial charge in [0, 0.05) is 38.8 Å². The van der Waals surface area contributed by atoms with Crippen LogP contribution in [0, 0.1) is 0 Å². The molecule has 1 atom stereocenters. The summed E-state index contributed by atoms with van der Waals surface area (Å²) in [4.78, 5) is 27.5. The summed E-state index contributed by atoms with van der Waals surface area (Å²) >= 11 is 6.04. The fourth-order valence-corrected chi connectivity index (χ4v) is 3.21. The molecule has 3 aromatic rings. The van der Waals surface area contributed by atoms with Crippen LogP contribution >= 0.6 is 11.6 Å². The SMILES string of the molecule is O=C1NC(=O)C(O)(c2c[nH]c3ccc(Cl)cc23)c2ccccc21. The Labute approximate surface area is 135 Å². The molecule has 2 amide bonds. The maximum atomic E-state index is 12.5. The second kappa shape index (κ2) is 4.68. The van der Waals surface area contributed by atoms with Crippen molar-refractivity contribution in [1.82, 2.24) is 10.3 Å². The van der Waals surface area contributed by atoms with Gasteiger partial charge in [-0.15, -0.1) is 0 Å². The number of hydrogen-bond acceptors (Lipinski definition) is 3. The van der Waals surface area contributed by atoms with Gasteiger partial charge in [-0.25, -0.2) is 0 Å². The van der Waals surface area contributed by atoms with Crippen LogP contribution in [0.25, 0.3) is 10.9 Å². The molecule has 0 fully saturated rings. The number of amides is 2. The van der Waals surface area contributed by atoms with Gasteiger partial charge in [0.1, 0.15) is 0 Å². The zero-order chi connectivity index (χ0) is 16.2. The van der Waals surface area contributed by atoms with E-state index in [-0.39, 0.29) is 11.1 Å². The van der Waals surface area contributed by atoms with Crippen LogP contribution in [-0.4, -0.2) is 21.9 Å². The fourth-order valence-electron chi connectivity index (χ4n) is 3.04. The third kappa shape index (κ3) is 1.84. The number of aromatic amines is 1. The van der Waals surface area contributed by atoms with Gasteiger partial charge in [0.05, 0.1) is 0 Å². The second-order valence-corrected chi connectivity index (χ2v) is 5.87. The van der Waals surface area contributed by atoms with E-state index in [0.717, 1.165) is 5.52 Å². The highest BCUT2D eigenvalue weighted by Crippen LogP contribution is 2.39. The molecule has 6 heteroatoms. The van der Waals surface area contributed by atoms with Crippen LogP contribution in [0.5, 0.6) is 0 Å². The molecule has 0 saturated heterocycles.